The fourth-order valence-electron chi connectivity index (χ4n) is 11.4. The number of aliphatic hydroxyl groups excluding tert-OH is 1. The van der Waals surface area contributed by atoms with Crippen LogP contribution in [0.5, 0.6) is 0 Å². The number of rotatable bonds is 3. The van der Waals surface area contributed by atoms with E-state index in [-0.39, 0.29) is 70.2 Å². The van der Waals surface area contributed by atoms with Gasteiger partial charge in [0.05, 0.1) is 17.9 Å². The van der Waals surface area contributed by atoms with E-state index in [2.05, 4.69) is 18.4 Å². The molecule has 9 fully saturated rings. The van der Waals surface area contributed by atoms with E-state index < -0.39 is 0 Å². The Morgan fingerprint density at radius 1 is 1.16 bits per heavy atom. The lowest BCUT2D eigenvalue weighted by Gasteiger charge is -2.66. The summed E-state index contributed by atoms with van der Waals surface area (Å²) in [5.41, 5.74) is 1.10. The standard InChI is InChI=1S/C26H35NO5/c1-11(2)23(30)32-18-16-12(3)6-25-9-15-20-24(5)7-14(29)8-26(20,21(25)19(16)31-13(4)28)22(17(18)25)27(15)10-24/h11,14-22,29H,3,6-10H2,1-2,4-5H3/t14-,15-,16-,17?,18+,19+,20?,21?,22?,24-,25-,26-/m0/s1. The summed E-state index contributed by atoms with van der Waals surface area (Å²) >= 11 is 0. The molecule has 0 amide bonds. The van der Waals surface area contributed by atoms with Crippen molar-refractivity contribution in [3.8, 4) is 0 Å². The topological polar surface area (TPSA) is 76.1 Å². The van der Waals surface area contributed by atoms with Crippen LogP contribution in [0.4, 0.5) is 0 Å². The molecule has 32 heavy (non-hydrogen) atoms. The number of carbonyl (C=O) groups is 2. The molecule has 0 aromatic rings. The quantitative estimate of drug-likeness (QED) is 0.536. The van der Waals surface area contributed by atoms with E-state index in [0.29, 0.717) is 18.0 Å². The molecule has 2 spiro atoms. The highest BCUT2D eigenvalue weighted by Gasteiger charge is 2.91. The normalized spacial score (nSPS) is 59.8. The molecule has 5 unspecified atom stereocenters. The second-order valence-electron chi connectivity index (χ2n) is 12.9. The third kappa shape index (κ3) is 1.88. The average molecular weight is 442 g/mol. The van der Waals surface area contributed by atoms with Gasteiger partial charge in [0.1, 0.15) is 12.2 Å². The minimum absolute atomic E-state index is 0.0431. The first-order chi connectivity index (χ1) is 15.0. The zero-order chi connectivity index (χ0) is 22.5. The van der Waals surface area contributed by atoms with Gasteiger partial charge in [-0.25, -0.2) is 0 Å². The highest BCUT2D eigenvalue weighted by molar-refractivity contribution is 5.72. The lowest BCUT2D eigenvalue weighted by molar-refractivity contribution is -0.232. The van der Waals surface area contributed by atoms with Crippen LogP contribution in [0.1, 0.15) is 53.4 Å². The number of nitrogens with zero attached hydrogens (tertiary/aromatic N) is 1. The molecule has 0 aromatic carbocycles. The van der Waals surface area contributed by atoms with Crippen LogP contribution in [0.25, 0.3) is 0 Å². The van der Waals surface area contributed by atoms with Gasteiger partial charge in [-0.3, -0.25) is 14.5 Å². The van der Waals surface area contributed by atoms with Gasteiger partial charge in [0.2, 0.25) is 0 Å². The van der Waals surface area contributed by atoms with Crippen LogP contribution >= 0.6 is 0 Å². The summed E-state index contributed by atoms with van der Waals surface area (Å²) in [5.74, 6) is 0.211. The molecule has 0 radical (unpaired) electrons. The maximum atomic E-state index is 12.9. The van der Waals surface area contributed by atoms with Crippen molar-refractivity contribution in [2.75, 3.05) is 6.54 Å². The Balaban J connectivity index is 1.44. The van der Waals surface area contributed by atoms with Crippen LogP contribution in [0.3, 0.4) is 0 Å². The maximum Gasteiger partial charge on any atom is 0.308 e. The molecule has 3 saturated heterocycles. The van der Waals surface area contributed by atoms with E-state index in [4.69, 9.17) is 9.47 Å². The molecule has 3 aliphatic heterocycles. The van der Waals surface area contributed by atoms with E-state index in [1.54, 1.807) is 0 Å². The van der Waals surface area contributed by atoms with Crippen molar-refractivity contribution in [2.24, 2.45) is 45.8 Å². The summed E-state index contributed by atoms with van der Waals surface area (Å²) in [6.07, 6.45) is 2.77. The number of piperidine rings is 2. The first kappa shape index (κ1) is 20.0. The highest BCUT2D eigenvalue weighted by Crippen LogP contribution is 2.87. The van der Waals surface area contributed by atoms with Crippen molar-refractivity contribution in [3.05, 3.63) is 12.2 Å². The van der Waals surface area contributed by atoms with Gasteiger partial charge in [-0.1, -0.05) is 32.9 Å². The molecule has 6 saturated carbocycles. The molecule has 6 heteroatoms. The molecule has 9 aliphatic rings. The van der Waals surface area contributed by atoms with Gasteiger partial charge in [0.15, 0.2) is 0 Å². The molecule has 3 heterocycles. The van der Waals surface area contributed by atoms with Gasteiger partial charge < -0.3 is 14.6 Å². The van der Waals surface area contributed by atoms with Crippen LogP contribution in [0.2, 0.25) is 0 Å². The zero-order valence-corrected chi connectivity index (χ0v) is 19.5. The van der Waals surface area contributed by atoms with Crippen molar-refractivity contribution in [3.63, 3.8) is 0 Å². The third-order valence-corrected chi connectivity index (χ3v) is 11.1. The SMILES string of the molecule is C=C1C[C@]23C[C@H]4C5[C@@]6(C)C[C@H](O)C[C@]57C(C2[C@H](OC(=O)C(C)C)[C@H]1[C@@H](OC(C)=O)C37)N4C6. The van der Waals surface area contributed by atoms with Crippen molar-refractivity contribution < 1.29 is 24.2 Å². The van der Waals surface area contributed by atoms with Gasteiger partial charge in [0.25, 0.3) is 0 Å². The Labute approximate surface area is 189 Å². The second kappa shape index (κ2) is 5.63. The molecule has 6 nitrogen and oxygen atoms in total. The van der Waals surface area contributed by atoms with E-state index in [1.807, 2.05) is 13.8 Å². The van der Waals surface area contributed by atoms with Crippen LogP contribution in [0, 0.1) is 45.8 Å². The Hall–Kier alpha value is -1.40. The molecule has 13 atom stereocenters. The van der Waals surface area contributed by atoms with Crippen LogP contribution in [-0.4, -0.2) is 58.9 Å². The molecule has 9 rings (SSSR count). The largest absolute Gasteiger partial charge is 0.461 e. The number of aliphatic hydroxyl groups is 1. The van der Waals surface area contributed by atoms with E-state index >= 15 is 0 Å². The van der Waals surface area contributed by atoms with Crippen LogP contribution < -0.4 is 0 Å². The lowest BCUT2D eigenvalue weighted by Crippen LogP contribution is -2.69. The van der Waals surface area contributed by atoms with E-state index in [9.17, 15) is 14.7 Å². The Morgan fingerprint density at radius 2 is 1.91 bits per heavy atom. The van der Waals surface area contributed by atoms with E-state index in [1.165, 1.54) is 6.92 Å². The van der Waals surface area contributed by atoms with Crippen molar-refractivity contribution in [1.82, 2.24) is 4.90 Å². The van der Waals surface area contributed by atoms with Gasteiger partial charge in [0, 0.05) is 42.8 Å². The number of fused-ring (bicyclic) bond motifs is 1. The number of ether oxygens (including phenoxy) is 2. The molecule has 174 valence electrons. The summed E-state index contributed by atoms with van der Waals surface area (Å²) in [5, 5.41) is 11.1. The minimum atomic E-state index is -0.314. The van der Waals surface area contributed by atoms with Gasteiger partial charge in [-0.05, 0) is 42.4 Å². The molecule has 0 aromatic heterocycles. The second-order valence-corrected chi connectivity index (χ2v) is 12.9. The fraction of sp³-hybridized carbons (Fsp3) is 0.846. The minimum Gasteiger partial charge on any atom is -0.461 e. The predicted octanol–water partition coefficient (Wildman–Crippen LogP) is 2.54. The first-order valence-corrected chi connectivity index (χ1v) is 12.5. The van der Waals surface area contributed by atoms with Crippen molar-refractivity contribution in [1.29, 1.82) is 0 Å². The predicted molar refractivity (Wildman–Crippen MR) is 115 cm³/mol. The van der Waals surface area contributed by atoms with Gasteiger partial charge >= 0.3 is 11.9 Å². The number of hydrogen-bond donors (Lipinski definition) is 1. The number of carbonyl (C=O) groups excluding carboxylic acids is 2. The first-order valence-electron chi connectivity index (χ1n) is 12.5. The van der Waals surface area contributed by atoms with Crippen LogP contribution in [0.15, 0.2) is 12.2 Å². The van der Waals surface area contributed by atoms with Crippen LogP contribution in [-0.2, 0) is 19.1 Å². The number of hydrogen-bond acceptors (Lipinski definition) is 6. The van der Waals surface area contributed by atoms with Gasteiger partial charge in [-0.15, -0.1) is 0 Å². The summed E-state index contributed by atoms with van der Waals surface area (Å²) in [6, 6.07) is 0.840. The van der Waals surface area contributed by atoms with Crippen molar-refractivity contribution >= 4 is 11.9 Å². The maximum absolute atomic E-state index is 12.9. The monoisotopic (exact) mass is 441 g/mol. The lowest BCUT2D eigenvalue weighted by atomic mass is 9.39. The third-order valence-electron chi connectivity index (χ3n) is 11.1. The summed E-state index contributed by atoms with van der Waals surface area (Å²) in [4.78, 5) is 28.0. The highest BCUT2D eigenvalue weighted by atomic mass is 16.6. The molecular weight excluding hydrogens is 406 g/mol. The molecule has 9 bridgehead atoms. The Morgan fingerprint density at radius 3 is 2.59 bits per heavy atom. The van der Waals surface area contributed by atoms with E-state index in [0.717, 1.165) is 37.8 Å². The summed E-state index contributed by atoms with van der Waals surface area (Å²) in [6.45, 7) is 13.1. The molecular formula is C26H35NO5. The smallest absolute Gasteiger partial charge is 0.308 e. The van der Waals surface area contributed by atoms with Crippen molar-refractivity contribution in [2.45, 2.75) is 83.8 Å². The average Bonchev–Trinajstić information content (AvgIpc) is 3.08. The molecule has 6 aliphatic carbocycles. The summed E-state index contributed by atoms with van der Waals surface area (Å²) in [7, 11) is 0. The van der Waals surface area contributed by atoms with Gasteiger partial charge in [-0.2, -0.15) is 0 Å². The molecule has 1 N–H and O–H groups in total. The zero-order valence-electron chi connectivity index (χ0n) is 19.5. The Bertz CT molecular complexity index is 962. The Kier molecular flexibility index (Phi) is 3.52. The fourth-order valence-corrected chi connectivity index (χ4v) is 11.4. The summed E-state index contributed by atoms with van der Waals surface area (Å²) < 4.78 is 12.5. The number of esters is 2.